The predicted octanol–water partition coefficient (Wildman–Crippen LogP) is 7.11. The average Bonchev–Trinajstić information content (AvgIpc) is 2.72. The van der Waals surface area contributed by atoms with Crippen molar-refractivity contribution in [1.82, 2.24) is 4.90 Å². The Bertz CT molecular complexity index is 586. The monoisotopic (exact) mass is 406 g/mol. The van der Waals surface area contributed by atoms with Crippen molar-refractivity contribution < 1.29 is 9.72 Å². The summed E-state index contributed by atoms with van der Waals surface area (Å²) in [6.07, 6.45) is 8.82. The maximum atomic E-state index is 13.3. The summed E-state index contributed by atoms with van der Waals surface area (Å²) in [6.45, 7) is 10.1. The standard InChI is InChI=1S/C23H38N2O3.CH4/c1-5-9-13-19(7-3)17-24(18-20(8-4)14-10-6-2)23(26)21-15-11-12-16-22(21)25(27)28;/h11-12,15-16,19-20H,5-10,13-14,17-18H2,1-4H3;1H4. The minimum Gasteiger partial charge on any atom is -0.338 e. The van der Waals surface area contributed by atoms with Crippen LogP contribution < -0.4 is 0 Å². The second-order valence-corrected chi connectivity index (χ2v) is 7.82. The largest absolute Gasteiger partial charge is 0.338 e. The van der Waals surface area contributed by atoms with Gasteiger partial charge in [-0.15, -0.1) is 0 Å². The van der Waals surface area contributed by atoms with Gasteiger partial charge < -0.3 is 4.90 Å². The van der Waals surface area contributed by atoms with Crippen molar-refractivity contribution in [2.24, 2.45) is 11.8 Å². The first kappa shape index (κ1) is 27.1. The molecule has 2 atom stereocenters. The Morgan fingerprint density at radius 1 is 0.966 bits per heavy atom. The first-order chi connectivity index (χ1) is 13.5. The second-order valence-electron chi connectivity index (χ2n) is 7.82. The minimum absolute atomic E-state index is 0. The van der Waals surface area contributed by atoms with Gasteiger partial charge in [0.05, 0.1) is 4.92 Å². The van der Waals surface area contributed by atoms with Crippen molar-refractivity contribution >= 4 is 11.6 Å². The van der Waals surface area contributed by atoms with Gasteiger partial charge in [0.1, 0.15) is 5.56 Å². The predicted molar refractivity (Wildman–Crippen MR) is 122 cm³/mol. The van der Waals surface area contributed by atoms with Crippen LogP contribution in [-0.2, 0) is 0 Å². The number of unbranched alkanes of at least 4 members (excludes halogenated alkanes) is 2. The van der Waals surface area contributed by atoms with Crippen LogP contribution in [-0.4, -0.2) is 28.8 Å². The number of carbonyl (C=O) groups is 1. The Balaban J connectivity index is 0.00000784. The van der Waals surface area contributed by atoms with Crippen molar-refractivity contribution in [3.8, 4) is 0 Å². The van der Waals surface area contributed by atoms with E-state index in [9.17, 15) is 14.9 Å². The van der Waals surface area contributed by atoms with Crippen LogP contribution >= 0.6 is 0 Å². The molecule has 0 aliphatic heterocycles. The lowest BCUT2D eigenvalue weighted by Crippen LogP contribution is -2.39. The molecule has 0 heterocycles. The topological polar surface area (TPSA) is 63.5 Å². The molecule has 0 spiro atoms. The summed E-state index contributed by atoms with van der Waals surface area (Å²) >= 11 is 0. The van der Waals surface area contributed by atoms with Gasteiger partial charge in [-0.05, 0) is 30.7 Å². The molecule has 29 heavy (non-hydrogen) atoms. The lowest BCUT2D eigenvalue weighted by atomic mass is 9.95. The third-order valence-electron chi connectivity index (χ3n) is 5.66. The summed E-state index contributed by atoms with van der Waals surface area (Å²) in [6, 6.07) is 6.34. The number of nitrogens with zero attached hydrogens (tertiary/aromatic N) is 2. The van der Waals surface area contributed by atoms with Crippen LogP contribution in [0.25, 0.3) is 0 Å². The second kappa shape index (κ2) is 15.0. The molecule has 0 saturated heterocycles. The molecule has 1 amide bonds. The van der Waals surface area contributed by atoms with Gasteiger partial charge in [0.25, 0.3) is 11.6 Å². The third-order valence-corrected chi connectivity index (χ3v) is 5.66. The Labute approximate surface area is 178 Å². The summed E-state index contributed by atoms with van der Waals surface area (Å²) in [4.78, 5) is 26.2. The number of nitro groups is 1. The van der Waals surface area contributed by atoms with Crippen molar-refractivity contribution in [3.05, 3.63) is 39.9 Å². The van der Waals surface area contributed by atoms with E-state index in [4.69, 9.17) is 0 Å². The van der Waals surface area contributed by atoms with E-state index in [1.54, 1.807) is 18.2 Å². The van der Waals surface area contributed by atoms with Gasteiger partial charge in [-0.1, -0.05) is 85.8 Å². The molecule has 0 bridgehead atoms. The minimum atomic E-state index is -0.450. The number of benzene rings is 1. The first-order valence-corrected chi connectivity index (χ1v) is 11.0. The number of hydrogen-bond donors (Lipinski definition) is 0. The maximum Gasteiger partial charge on any atom is 0.282 e. The number of amides is 1. The highest BCUT2D eigenvalue weighted by molar-refractivity contribution is 5.98. The van der Waals surface area contributed by atoms with E-state index in [2.05, 4.69) is 27.7 Å². The molecule has 0 radical (unpaired) electrons. The number of para-hydroxylation sites is 1. The van der Waals surface area contributed by atoms with Gasteiger partial charge in [0, 0.05) is 19.2 Å². The molecule has 0 aliphatic rings. The number of nitro benzene ring substituents is 1. The van der Waals surface area contributed by atoms with Gasteiger partial charge in [-0.2, -0.15) is 0 Å². The van der Waals surface area contributed by atoms with Crippen LogP contribution in [0, 0.1) is 22.0 Å². The van der Waals surface area contributed by atoms with Gasteiger partial charge in [0.15, 0.2) is 0 Å². The Hall–Kier alpha value is -1.91. The van der Waals surface area contributed by atoms with E-state index in [0.717, 1.165) is 51.4 Å². The summed E-state index contributed by atoms with van der Waals surface area (Å²) < 4.78 is 0. The Morgan fingerprint density at radius 2 is 1.45 bits per heavy atom. The molecule has 166 valence electrons. The molecular formula is C24H42N2O3. The first-order valence-electron chi connectivity index (χ1n) is 11.0. The highest BCUT2D eigenvalue weighted by Gasteiger charge is 2.27. The molecule has 0 fully saturated rings. The van der Waals surface area contributed by atoms with Crippen LogP contribution in [0.2, 0.25) is 0 Å². The molecule has 0 aromatic heterocycles. The smallest absolute Gasteiger partial charge is 0.282 e. The molecule has 0 N–H and O–H groups in total. The molecule has 0 saturated carbocycles. The average molecular weight is 407 g/mol. The lowest BCUT2D eigenvalue weighted by molar-refractivity contribution is -0.385. The van der Waals surface area contributed by atoms with Crippen molar-refractivity contribution in [2.45, 2.75) is 86.5 Å². The zero-order valence-corrected chi connectivity index (χ0v) is 18.2. The van der Waals surface area contributed by atoms with Crippen molar-refractivity contribution in [3.63, 3.8) is 0 Å². The van der Waals surface area contributed by atoms with E-state index in [1.807, 2.05) is 4.90 Å². The van der Waals surface area contributed by atoms with Crippen LogP contribution in [0.15, 0.2) is 24.3 Å². The van der Waals surface area contributed by atoms with Crippen molar-refractivity contribution in [2.75, 3.05) is 13.1 Å². The van der Waals surface area contributed by atoms with Gasteiger partial charge in [-0.3, -0.25) is 14.9 Å². The summed E-state index contributed by atoms with van der Waals surface area (Å²) in [5.41, 5.74) is 0.115. The van der Waals surface area contributed by atoms with E-state index in [1.165, 1.54) is 6.07 Å². The van der Waals surface area contributed by atoms with Gasteiger partial charge in [0.2, 0.25) is 0 Å². The van der Waals surface area contributed by atoms with E-state index in [0.29, 0.717) is 24.9 Å². The molecule has 1 rings (SSSR count). The molecule has 5 nitrogen and oxygen atoms in total. The van der Waals surface area contributed by atoms with E-state index in [-0.39, 0.29) is 24.6 Å². The van der Waals surface area contributed by atoms with Gasteiger partial charge in [-0.25, -0.2) is 0 Å². The molecular weight excluding hydrogens is 364 g/mol. The van der Waals surface area contributed by atoms with Crippen molar-refractivity contribution in [1.29, 1.82) is 0 Å². The Kier molecular flexibility index (Phi) is 14.0. The summed E-state index contributed by atoms with van der Waals surface area (Å²) in [5, 5.41) is 11.4. The van der Waals surface area contributed by atoms with Crippen LogP contribution in [0.4, 0.5) is 5.69 Å². The zero-order chi connectivity index (χ0) is 20.9. The van der Waals surface area contributed by atoms with Gasteiger partial charge >= 0.3 is 0 Å². The molecule has 1 aromatic rings. The fourth-order valence-corrected chi connectivity index (χ4v) is 3.68. The van der Waals surface area contributed by atoms with E-state index < -0.39 is 4.92 Å². The van der Waals surface area contributed by atoms with Crippen LogP contribution in [0.3, 0.4) is 0 Å². The molecule has 0 aliphatic carbocycles. The fourth-order valence-electron chi connectivity index (χ4n) is 3.68. The lowest BCUT2D eigenvalue weighted by Gasteiger charge is -2.30. The Morgan fingerprint density at radius 3 is 1.86 bits per heavy atom. The number of hydrogen-bond acceptors (Lipinski definition) is 3. The highest BCUT2D eigenvalue weighted by Crippen LogP contribution is 2.24. The summed E-state index contributed by atoms with van der Waals surface area (Å²) in [7, 11) is 0. The SMILES string of the molecule is C.CCCCC(CC)CN(CC(CC)CCCC)C(=O)c1ccccc1[N+](=O)[O-]. The molecule has 1 aromatic carbocycles. The quantitative estimate of drug-likeness (QED) is 0.244. The van der Waals surface area contributed by atoms with Crippen LogP contribution in [0.1, 0.15) is 96.8 Å². The number of carbonyl (C=O) groups excluding carboxylic acids is 1. The maximum absolute atomic E-state index is 13.3. The molecule has 5 heteroatoms. The third kappa shape index (κ3) is 8.97. The van der Waals surface area contributed by atoms with E-state index >= 15 is 0 Å². The fraction of sp³-hybridized carbons (Fsp3) is 0.708. The normalized spacial score (nSPS) is 12.7. The molecule has 2 unspecified atom stereocenters. The zero-order valence-electron chi connectivity index (χ0n) is 18.2. The number of rotatable bonds is 14. The summed E-state index contributed by atoms with van der Waals surface area (Å²) in [5.74, 6) is 0.683. The van der Waals surface area contributed by atoms with Crippen LogP contribution in [0.5, 0.6) is 0 Å². The highest BCUT2D eigenvalue weighted by atomic mass is 16.6.